The van der Waals surface area contributed by atoms with Crippen molar-refractivity contribution in [2.24, 2.45) is 13.0 Å². The molecule has 0 aliphatic heterocycles. The first-order chi connectivity index (χ1) is 11.7. The molecule has 0 saturated heterocycles. The van der Waals surface area contributed by atoms with E-state index in [0.717, 1.165) is 23.6 Å². The Bertz CT molecular complexity index is 799. The van der Waals surface area contributed by atoms with E-state index in [2.05, 4.69) is 20.4 Å². The number of carbonyl (C=O) groups excluding carboxylic acids is 1. The highest BCUT2D eigenvalue weighted by Gasteiger charge is 2.35. The molecule has 0 bridgehead atoms. The van der Waals surface area contributed by atoms with Gasteiger partial charge in [0, 0.05) is 30.8 Å². The maximum atomic E-state index is 12.7. The number of halogens is 3. The van der Waals surface area contributed by atoms with E-state index in [0.29, 0.717) is 11.5 Å². The van der Waals surface area contributed by atoms with E-state index in [1.54, 1.807) is 6.92 Å². The van der Waals surface area contributed by atoms with Gasteiger partial charge in [-0.15, -0.1) is 0 Å². The summed E-state index contributed by atoms with van der Waals surface area (Å²) in [5.74, 6) is 0.324. The third kappa shape index (κ3) is 4.25. The van der Waals surface area contributed by atoms with Crippen LogP contribution >= 0.6 is 0 Å². The van der Waals surface area contributed by atoms with Crippen LogP contribution in [0.5, 0.6) is 11.8 Å². The molecular formula is C15H16F3N5O2. The summed E-state index contributed by atoms with van der Waals surface area (Å²) in [6.45, 7) is 1.83. The second-order valence-corrected chi connectivity index (χ2v) is 5.85. The van der Waals surface area contributed by atoms with Crippen LogP contribution in [0.2, 0.25) is 0 Å². The van der Waals surface area contributed by atoms with Gasteiger partial charge >= 0.3 is 6.18 Å². The molecule has 1 amide bonds. The van der Waals surface area contributed by atoms with Crippen LogP contribution in [0.25, 0.3) is 0 Å². The molecule has 10 heteroatoms. The van der Waals surface area contributed by atoms with E-state index in [-0.39, 0.29) is 30.1 Å². The first kappa shape index (κ1) is 17.2. The van der Waals surface area contributed by atoms with E-state index in [4.69, 9.17) is 4.74 Å². The summed E-state index contributed by atoms with van der Waals surface area (Å²) in [5.41, 5.74) is -0.480. The number of ether oxygens (including phenoxy) is 1. The standard InChI is InChI=1S/C15H16F3N5O2/c1-8-5-12(21-11(20-8)7-19-14(24)9-3-4-9)25-13-6-10(15(16,17)18)22-23(13)2/h5-6,9H,3-4,7H2,1-2H3,(H,19,24). The van der Waals surface area contributed by atoms with Crippen LogP contribution in [-0.4, -0.2) is 25.7 Å². The quantitative estimate of drug-likeness (QED) is 0.890. The van der Waals surface area contributed by atoms with Crippen molar-refractivity contribution in [3.05, 3.63) is 29.3 Å². The molecule has 0 atom stereocenters. The molecular weight excluding hydrogens is 339 g/mol. The lowest BCUT2D eigenvalue weighted by molar-refractivity contribution is -0.141. The Morgan fingerprint density at radius 1 is 1.36 bits per heavy atom. The number of aromatic nitrogens is 4. The van der Waals surface area contributed by atoms with Gasteiger partial charge in [0.15, 0.2) is 11.5 Å². The van der Waals surface area contributed by atoms with Crippen LogP contribution < -0.4 is 10.1 Å². The van der Waals surface area contributed by atoms with Crippen LogP contribution in [0.15, 0.2) is 12.1 Å². The Kier molecular flexibility index (Phi) is 4.36. The van der Waals surface area contributed by atoms with Crippen LogP contribution in [0.1, 0.15) is 30.1 Å². The number of nitrogens with one attached hydrogen (secondary N) is 1. The summed E-state index contributed by atoms with van der Waals surface area (Å²) >= 11 is 0. The van der Waals surface area contributed by atoms with Gasteiger partial charge in [0.2, 0.25) is 17.7 Å². The number of aryl methyl sites for hydroxylation is 2. The number of rotatable bonds is 5. The normalized spacial score (nSPS) is 14.4. The molecule has 0 aromatic carbocycles. The molecule has 0 unspecified atom stereocenters. The minimum Gasteiger partial charge on any atom is -0.421 e. The number of nitrogens with zero attached hydrogens (tertiary/aromatic N) is 4. The highest BCUT2D eigenvalue weighted by atomic mass is 19.4. The van der Waals surface area contributed by atoms with Gasteiger partial charge in [-0.25, -0.2) is 9.67 Å². The third-order valence-electron chi connectivity index (χ3n) is 3.58. The lowest BCUT2D eigenvalue weighted by Crippen LogP contribution is -2.25. The molecule has 7 nitrogen and oxygen atoms in total. The summed E-state index contributed by atoms with van der Waals surface area (Å²) in [4.78, 5) is 20.0. The molecule has 0 radical (unpaired) electrons. The number of amides is 1. The van der Waals surface area contributed by atoms with Gasteiger partial charge in [0.25, 0.3) is 0 Å². The zero-order valence-electron chi connectivity index (χ0n) is 13.6. The van der Waals surface area contributed by atoms with Gasteiger partial charge in [0.1, 0.15) is 0 Å². The maximum absolute atomic E-state index is 12.7. The van der Waals surface area contributed by atoms with Crippen molar-refractivity contribution < 1.29 is 22.7 Å². The van der Waals surface area contributed by atoms with Crippen LogP contribution in [0.3, 0.4) is 0 Å². The molecule has 1 saturated carbocycles. The molecule has 1 fully saturated rings. The molecule has 0 spiro atoms. The highest BCUT2D eigenvalue weighted by Crippen LogP contribution is 2.32. The highest BCUT2D eigenvalue weighted by molar-refractivity contribution is 5.80. The first-order valence-electron chi connectivity index (χ1n) is 7.64. The Morgan fingerprint density at radius 2 is 2.08 bits per heavy atom. The molecule has 1 N–H and O–H groups in total. The SMILES string of the molecule is Cc1cc(Oc2cc(C(F)(F)F)nn2C)nc(CNC(=O)C2CC2)n1. The van der Waals surface area contributed by atoms with Crippen LogP contribution in [0.4, 0.5) is 13.2 Å². The molecule has 2 aromatic heterocycles. The summed E-state index contributed by atoms with van der Waals surface area (Å²) < 4.78 is 44.5. The average molecular weight is 355 g/mol. The Hall–Kier alpha value is -2.65. The van der Waals surface area contributed by atoms with Gasteiger partial charge in [-0.3, -0.25) is 4.79 Å². The van der Waals surface area contributed by atoms with E-state index >= 15 is 0 Å². The van der Waals surface area contributed by atoms with Gasteiger partial charge in [-0.05, 0) is 19.8 Å². The van der Waals surface area contributed by atoms with Crippen molar-refractivity contribution in [3.63, 3.8) is 0 Å². The third-order valence-corrected chi connectivity index (χ3v) is 3.58. The molecule has 134 valence electrons. The largest absolute Gasteiger partial charge is 0.435 e. The summed E-state index contributed by atoms with van der Waals surface area (Å²) in [6, 6.07) is 2.29. The predicted molar refractivity (Wildman–Crippen MR) is 79.6 cm³/mol. The molecule has 25 heavy (non-hydrogen) atoms. The lowest BCUT2D eigenvalue weighted by atomic mass is 10.4. The second kappa shape index (κ2) is 6.34. The fraction of sp³-hybridized carbons (Fsp3) is 0.467. The van der Waals surface area contributed by atoms with E-state index in [9.17, 15) is 18.0 Å². The van der Waals surface area contributed by atoms with Gasteiger partial charge in [0.05, 0.1) is 6.54 Å². The minimum absolute atomic E-state index is 0.0472. The smallest absolute Gasteiger partial charge is 0.421 e. The van der Waals surface area contributed by atoms with Crippen molar-refractivity contribution in [2.75, 3.05) is 0 Å². The topological polar surface area (TPSA) is 81.9 Å². The molecule has 1 aliphatic carbocycles. The average Bonchev–Trinajstić information content (AvgIpc) is 3.29. The van der Waals surface area contributed by atoms with Gasteiger partial charge in [-0.2, -0.15) is 23.3 Å². The van der Waals surface area contributed by atoms with Crippen molar-refractivity contribution in [1.82, 2.24) is 25.1 Å². The summed E-state index contributed by atoms with van der Waals surface area (Å²) in [7, 11) is 1.34. The molecule has 1 aliphatic rings. The van der Waals surface area contributed by atoms with Crippen molar-refractivity contribution in [3.8, 4) is 11.8 Å². The predicted octanol–water partition coefficient (Wildman–Crippen LogP) is 2.36. The van der Waals surface area contributed by atoms with Gasteiger partial charge < -0.3 is 10.1 Å². The van der Waals surface area contributed by atoms with Crippen molar-refractivity contribution in [2.45, 2.75) is 32.5 Å². The maximum Gasteiger partial charge on any atom is 0.435 e. The van der Waals surface area contributed by atoms with Crippen LogP contribution in [-0.2, 0) is 24.6 Å². The summed E-state index contributed by atoms with van der Waals surface area (Å²) in [5, 5.41) is 6.10. The number of carbonyl (C=O) groups is 1. The van der Waals surface area contributed by atoms with Gasteiger partial charge in [-0.1, -0.05) is 0 Å². The minimum atomic E-state index is -4.56. The Morgan fingerprint density at radius 3 is 2.68 bits per heavy atom. The number of alkyl halides is 3. The fourth-order valence-electron chi connectivity index (χ4n) is 2.18. The zero-order valence-corrected chi connectivity index (χ0v) is 13.6. The Labute approximate surface area is 141 Å². The molecule has 3 rings (SSSR count). The summed E-state index contributed by atoms with van der Waals surface area (Å²) in [6.07, 6.45) is -2.78. The van der Waals surface area contributed by atoms with E-state index in [1.807, 2.05) is 0 Å². The molecule has 2 aromatic rings. The number of hydrogen-bond donors (Lipinski definition) is 1. The molecule has 2 heterocycles. The van der Waals surface area contributed by atoms with Crippen LogP contribution in [0, 0.1) is 12.8 Å². The van der Waals surface area contributed by atoms with E-state index < -0.39 is 11.9 Å². The fourth-order valence-corrected chi connectivity index (χ4v) is 2.18. The zero-order chi connectivity index (χ0) is 18.2. The van der Waals surface area contributed by atoms with Crippen molar-refractivity contribution >= 4 is 5.91 Å². The van der Waals surface area contributed by atoms with Crippen molar-refractivity contribution in [1.29, 1.82) is 0 Å². The second-order valence-electron chi connectivity index (χ2n) is 5.85. The Balaban J connectivity index is 1.74. The monoisotopic (exact) mass is 355 g/mol. The first-order valence-corrected chi connectivity index (χ1v) is 7.64. The lowest BCUT2D eigenvalue weighted by Gasteiger charge is -2.08. The number of hydrogen-bond acceptors (Lipinski definition) is 5. The van der Waals surface area contributed by atoms with E-state index in [1.165, 1.54) is 13.1 Å².